The second-order valence-corrected chi connectivity index (χ2v) is 4.72. The zero-order chi connectivity index (χ0) is 10.5. The van der Waals surface area contributed by atoms with Crippen LogP contribution in [0.2, 0.25) is 0 Å². The second-order valence-electron chi connectivity index (χ2n) is 3.93. The summed E-state index contributed by atoms with van der Waals surface area (Å²) in [6, 6.07) is 0. The maximum atomic E-state index is 5.33. The molecule has 0 spiro atoms. The molecule has 0 radical (unpaired) electrons. The van der Waals surface area contributed by atoms with Crippen molar-refractivity contribution in [2.24, 2.45) is 5.92 Å². The van der Waals surface area contributed by atoms with Crippen LogP contribution < -0.4 is 0 Å². The van der Waals surface area contributed by atoms with Gasteiger partial charge in [-0.2, -0.15) is 0 Å². The van der Waals surface area contributed by atoms with Crippen molar-refractivity contribution in [3.8, 4) is 0 Å². The minimum absolute atomic E-state index is 0.706. The van der Waals surface area contributed by atoms with Crippen molar-refractivity contribution < 1.29 is 4.74 Å². The van der Waals surface area contributed by atoms with Crippen LogP contribution in [-0.4, -0.2) is 33.5 Å². The molecule has 1 aliphatic rings. The highest BCUT2D eigenvalue weighted by Crippen LogP contribution is 2.16. The highest BCUT2D eigenvalue weighted by molar-refractivity contribution is 9.09. The molecule has 0 aromatic carbocycles. The summed E-state index contributed by atoms with van der Waals surface area (Å²) in [6.45, 7) is 2.78. The van der Waals surface area contributed by atoms with Crippen LogP contribution in [-0.2, 0) is 17.7 Å². The summed E-state index contributed by atoms with van der Waals surface area (Å²) in [4.78, 5) is 0. The van der Waals surface area contributed by atoms with Gasteiger partial charge in [0.2, 0.25) is 0 Å². The average Bonchev–Trinajstić information content (AvgIpc) is 2.68. The van der Waals surface area contributed by atoms with E-state index < -0.39 is 0 Å². The molecule has 1 aromatic heterocycles. The molecule has 15 heavy (non-hydrogen) atoms. The number of halogens is 1. The van der Waals surface area contributed by atoms with E-state index in [1.54, 1.807) is 0 Å². The Labute approximate surface area is 98.1 Å². The van der Waals surface area contributed by atoms with Gasteiger partial charge >= 0.3 is 0 Å². The molecule has 0 unspecified atom stereocenters. The predicted molar refractivity (Wildman–Crippen MR) is 61.1 cm³/mol. The van der Waals surface area contributed by atoms with Crippen LogP contribution in [0.4, 0.5) is 0 Å². The van der Waals surface area contributed by atoms with Crippen molar-refractivity contribution >= 4 is 15.9 Å². The lowest BCUT2D eigenvalue weighted by atomic mass is 10.0. The first kappa shape index (κ1) is 11.1. The van der Waals surface area contributed by atoms with Crippen molar-refractivity contribution in [2.45, 2.75) is 25.8 Å². The number of alkyl halides is 1. The smallest absolute Gasteiger partial charge is 0.0835 e. The Morgan fingerprint density at radius 1 is 1.47 bits per heavy atom. The quantitative estimate of drug-likeness (QED) is 0.784. The standard InChI is InChI=1S/C10H16BrN3O/c11-4-1-10-8-14(13-12-10)7-9-2-5-15-6-3-9/h8-9H,1-7H2. The normalized spacial score (nSPS) is 18.2. The minimum Gasteiger partial charge on any atom is -0.381 e. The SMILES string of the molecule is BrCCc1cn(CC2CCOCC2)nn1. The van der Waals surface area contributed by atoms with Gasteiger partial charge in [-0.15, -0.1) is 5.10 Å². The largest absolute Gasteiger partial charge is 0.381 e. The molecule has 84 valence electrons. The Morgan fingerprint density at radius 2 is 2.27 bits per heavy atom. The number of rotatable bonds is 4. The third kappa shape index (κ3) is 3.28. The van der Waals surface area contributed by atoms with E-state index in [9.17, 15) is 0 Å². The fourth-order valence-corrected chi connectivity index (χ4v) is 2.24. The monoisotopic (exact) mass is 273 g/mol. The van der Waals surface area contributed by atoms with E-state index in [1.165, 1.54) is 0 Å². The van der Waals surface area contributed by atoms with E-state index in [0.29, 0.717) is 5.92 Å². The molecular weight excluding hydrogens is 258 g/mol. The summed E-state index contributed by atoms with van der Waals surface area (Å²) in [5, 5.41) is 9.20. The molecule has 0 atom stereocenters. The van der Waals surface area contributed by atoms with E-state index in [0.717, 1.165) is 50.0 Å². The molecule has 1 aliphatic heterocycles. The first-order valence-electron chi connectivity index (χ1n) is 5.41. The van der Waals surface area contributed by atoms with E-state index in [-0.39, 0.29) is 0 Å². The van der Waals surface area contributed by atoms with Gasteiger partial charge in [-0.05, 0) is 18.8 Å². The third-order valence-corrected chi connectivity index (χ3v) is 3.12. The number of ether oxygens (including phenoxy) is 1. The first-order valence-corrected chi connectivity index (χ1v) is 6.53. The molecule has 0 aliphatic carbocycles. The van der Waals surface area contributed by atoms with Crippen molar-refractivity contribution in [2.75, 3.05) is 18.5 Å². The molecule has 1 aromatic rings. The number of hydrogen-bond acceptors (Lipinski definition) is 3. The van der Waals surface area contributed by atoms with E-state index in [2.05, 4.69) is 32.4 Å². The summed E-state index contributed by atoms with van der Waals surface area (Å²) in [5.41, 5.74) is 1.07. The van der Waals surface area contributed by atoms with E-state index in [1.807, 2.05) is 4.68 Å². The average molecular weight is 274 g/mol. The molecule has 2 rings (SSSR count). The molecule has 0 bridgehead atoms. The third-order valence-electron chi connectivity index (χ3n) is 2.72. The van der Waals surface area contributed by atoms with Crippen LogP contribution >= 0.6 is 15.9 Å². The Kier molecular flexibility index (Phi) is 4.14. The van der Waals surface area contributed by atoms with Gasteiger partial charge < -0.3 is 4.74 Å². The van der Waals surface area contributed by atoms with Crippen LogP contribution in [0.1, 0.15) is 18.5 Å². The number of aromatic nitrogens is 3. The van der Waals surface area contributed by atoms with Gasteiger partial charge in [0.1, 0.15) is 0 Å². The lowest BCUT2D eigenvalue weighted by molar-refractivity contribution is 0.0600. The van der Waals surface area contributed by atoms with E-state index >= 15 is 0 Å². The van der Waals surface area contributed by atoms with Crippen LogP contribution in [0.5, 0.6) is 0 Å². The Bertz CT molecular complexity index is 297. The van der Waals surface area contributed by atoms with Gasteiger partial charge in [0.25, 0.3) is 0 Å². The summed E-state index contributed by atoms with van der Waals surface area (Å²) >= 11 is 3.40. The van der Waals surface area contributed by atoms with Gasteiger partial charge in [0, 0.05) is 37.7 Å². The molecule has 1 fully saturated rings. The van der Waals surface area contributed by atoms with Crippen molar-refractivity contribution in [3.05, 3.63) is 11.9 Å². The number of aryl methyl sites for hydroxylation is 1. The molecule has 0 amide bonds. The number of nitrogens with zero attached hydrogens (tertiary/aromatic N) is 3. The van der Waals surface area contributed by atoms with Crippen molar-refractivity contribution in [1.29, 1.82) is 0 Å². The highest BCUT2D eigenvalue weighted by atomic mass is 79.9. The fraction of sp³-hybridized carbons (Fsp3) is 0.800. The van der Waals surface area contributed by atoms with Crippen LogP contribution in [0.25, 0.3) is 0 Å². The summed E-state index contributed by atoms with van der Waals surface area (Å²) in [7, 11) is 0. The van der Waals surface area contributed by atoms with Crippen LogP contribution in [0.15, 0.2) is 6.20 Å². The fourth-order valence-electron chi connectivity index (χ4n) is 1.83. The second kappa shape index (κ2) is 5.61. The molecular formula is C10H16BrN3O. The van der Waals surface area contributed by atoms with Crippen LogP contribution in [0.3, 0.4) is 0 Å². The predicted octanol–water partition coefficient (Wildman–Crippen LogP) is 1.64. The maximum Gasteiger partial charge on any atom is 0.0835 e. The summed E-state index contributed by atoms with van der Waals surface area (Å²) in [5.74, 6) is 0.706. The molecule has 0 N–H and O–H groups in total. The molecule has 5 heteroatoms. The van der Waals surface area contributed by atoms with Crippen LogP contribution in [0, 0.1) is 5.92 Å². The molecule has 4 nitrogen and oxygen atoms in total. The van der Waals surface area contributed by atoms with Gasteiger partial charge in [0.15, 0.2) is 0 Å². The first-order chi connectivity index (χ1) is 7.38. The van der Waals surface area contributed by atoms with Gasteiger partial charge in [-0.1, -0.05) is 21.1 Å². The van der Waals surface area contributed by atoms with E-state index in [4.69, 9.17) is 4.74 Å². The molecule has 0 saturated carbocycles. The molecule has 1 saturated heterocycles. The zero-order valence-electron chi connectivity index (χ0n) is 8.73. The minimum atomic E-state index is 0.706. The Morgan fingerprint density at radius 3 is 3.00 bits per heavy atom. The summed E-state index contributed by atoms with van der Waals surface area (Å²) < 4.78 is 7.30. The maximum absolute atomic E-state index is 5.33. The number of hydrogen-bond donors (Lipinski definition) is 0. The zero-order valence-corrected chi connectivity index (χ0v) is 10.3. The topological polar surface area (TPSA) is 39.9 Å². The lowest BCUT2D eigenvalue weighted by Gasteiger charge is -2.21. The Balaban J connectivity index is 1.86. The highest BCUT2D eigenvalue weighted by Gasteiger charge is 2.14. The lowest BCUT2D eigenvalue weighted by Crippen LogP contribution is -2.20. The van der Waals surface area contributed by atoms with Gasteiger partial charge in [0.05, 0.1) is 5.69 Å². The molecule has 2 heterocycles. The summed E-state index contributed by atoms with van der Waals surface area (Å²) in [6.07, 6.45) is 5.30. The van der Waals surface area contributed by atoms with Crippen molar-refractivity contribution in [3.63, 3.8) is 0 Å². The Hall–Kier alpha value is -0.420. The van der Waals surface area contributed by atoms with Gasteiger partial charge in [-0.3, -0.25) is 4.68 Å². The van der Waals surface area contributed by atoms with Crippen molar-refractivity contribution in [1.82, 2.24) is 15.0 Å². The van der Waals surface area contributed by atoms with Gasteiger partial charge in [-0.25, -0.2) is 0 Å².